The second kappa shape index (κ2) is 5.64. The molecular formula is C9H20N2O4S2. The van der Waals surface area contributed by atoms with Crippen LogP contribution in [0.25, 0.3) is 0 Å². The van der Waals surface area contributed by atoms with E-state index in [0.29, 0.717) is 0 Å². The number of hydrogen-bond donors (Lipinski definition) is 1. The number of nitrogens with zero attached hydrogens (tertiary/aromatic N) is 1. The predicted octanol–water partition coefficient (Wildman–Crippen LogP) is -0.955. The van der Waals surface area contributed by atoms with Crippen molar-refractivity contribution in [2.75, 3.05) is 37.9 Å². The molecule has 1 aliphatic heterocycles. The van der Waals surface area contributed by atoms with Crippen LogP contribution in [0.3, 0.4) is 0 Å². The van der Waals surface area contributed by atoms with E-state index < -0.39 is 19.9 Å². The lowest BCUT2D eigenvalue weighted by Gasteiger charge is -2.30. The number of hydrogen-bond acceptors (Lipinski definition) is 5. The van der Waals surface area contributed by atoms with Crippen LogP contribution in [0.5, 0.6) is 0 Å². The zero-order chi connectivity index (χ0) is 13.1. The van der Waals surface area contributed by atoms with Crippen LogP contribution in [-0.4, -0.2) is 65.1 Å². The summed E-state index contributed by atoms with van der Waals surface area (Å²) in [5, 5.41) is 3.16. The van der Waals surface area contributed by atoms with Gasteiger partial charge in [0.25, 0.3) is 0 Å². The Morgan fingerprint density at radius 2 is 1.65 bits per heavy atom. The van der Waals surface area contributed by atoms with Gasteiger partial charge in [0.2, 0.25) is 10.0 Å². The van der Waals surface area contributed by atoms with Gasteiger partial charge in [0.15, 0.2) is 0 Å². The number of sulfonamides is 1. The summed E-state index contributed by atoms with van der Waals surface area (Å²) < 4.78 is 47.1. The number of piperidine rings is 1. The molecule has 0 aromatic rings. The number of rotatable bonds is 5. The van der Waals surface area contributed by atoms with E-state index >= 15 is 0 Å². The highest BCUT2D eigenvalue weighted by molar-refractivity contribution is 7.93. The van der Waals surface area contributed by atoms with E-state index in [0.717, 1.165) is 32.2 Å². The van der Waals surface area contributed by atoms with Crippen LogP contribution in [0.4, 0.5) is 0 Å². The summed E-state index contributed by atoms with van der Waals surface area (Å²) in [6.07, 6.45) is 2.59. The molecule has 1 saturated heterocycles. The Balaban J connectivity index is 2.62. The van der Waals surface area contributed by atoms with E-state index in [1.54, 1.807) is 0 Å². The van der Waals surface area contributed by atoms with Crippen molar-refractivity contribution in [2.24, 2.45) is 0 Å². The van der Waals surface area contributed by atoms with Crippen molar-refractivity contribution in [2.45, 2.75) is 18.9 Å². The van der Waals surface area contributed by atoms with Gasteiger partial charge in [-0.1, -0.05) is 0 Å². The first-order valence-electron chi connectivity index (χ1n) is 5.56. The molecule has 0 saturated carbocycles. The highest BCUT2D eigenvalue weighted by atomic mass is 32.2. The van der Waals surface area contributed by atoms with Crippen molar-refractivity contribution >= 4 is 19.9 Å². The number of nitrogens with one attached hydrogen (secondary N) is 1. The van der Waals surface area contributed by atoms with E-state index in [2.05, 4.69) is 5.32 Å². The SMILES string of the molecule is CN(C1CCNCC1)S(=O)(=O)CCS(C)(=O)=O. The van der Waals surface area contributed by atoms with Crippen LogP contribution < -0.4 is 5.32 Å². The summed E-state index contributed by atoms with van der Waals surface area (Å²) in [5.41, 5.74) is 0. The van der Waals surface area contributed by atoms with Gasteiger partial charge < -0.3 is 5.32 Å². The molecule has 0 atom stereocenters. The molecule has 1 aliphatic rings. The first-order valence-corrected chi connectivity index (χ1v) is 9.23. The van der Waals surface area contributed by atoms with E-state index in [1.807, 2.05) is 0 Å². The normalized spacial score (nSPS) is 19.7. The van der Waals surface area contributed by atoms with Crippen molar-refractivity contribution in [3.05, 3.63) is 0 Å². The summed E-state index contributed by atoms with van der Waals surface area (Å²) in [5.74, 6) is -0.642. The molecule has 0 unspecified atom stereocenters. The summed E-state index contributed by atoms with van der Waals surface area (Å²) in [7, 11) is -5.17. The molecule has 0 aromatic heterocycles. The van der Waals surface area contributed by atoms with Crippen LogP contribution in [-0.2, 0) is 19.9 Å². The minimum atomic E-state index is -3.47. The highest BCUT2D eigenvalue weighted by Crippen LogP contribution is 2.14. The number of sulfone groups is 1. The van der Waals surface area contributed by atoms with Gasteiger partial charge in [0, 0.05) is 19.3 Å². The molecule has 1 N–H and O–H groups in total. The Labute approximate surface area is 103 Å². The minimum Gasteiger partial charge on any atom is -0.317 e. The fourth-order valence-corrected chi connectivity index (χ4v) is 4.80. The van der Waals surface area contributed by atoms with E-state index in [1.165, 1.54) is 11.4 Å². The van der Waals surface area contributed by atoms with Crippen LogP contribution in [0.1, 0.15) is 12.8 Å². The van der Waals surface area contributed by atoms with Gasteiger partial charge in [-0.25, -0.2) is 21.1 Å². The summed E-state index contributed by atoms with van der Waals surface area (Å²) in [4.78, 5) is 0. The van der Waals surface area contributed by atoms with E-state index in [4.69, 9.17) is 0 Å². The molecule has 6 nitrogen and oxygen atoms in total. The van der Waals surface area contributed by atoms with E-state index in [9.17, 15) is 16.8 Å². The molecule has 0 radical (unpaired) electrons. The maximum absolute atomic E-state index is 11.9. The van der Waals surface area contributed by atoms with Crippen molar-refractivity contribution in [1.29, 1.82) is 0 Å². The molecule has 8 heteroatoms. The molecule has 0 bridgehead atoms. The fourth-order valence-electron chi connectivity index (χ4n) is 1.80. The monoisotopic (exact) mass is 284 g/mol. The first kappa shape index (κ1) is 14.9. The van der Waals surface area contributed by atoms with Crippen LogP contribution in [0.2, 0.25) is 0 Å². The topological polar surface area (TPSA) is 83.6 Å². The smallest absolute Gasteiger partial charge is 0.215 e. The van der Waals surface area contributed by atoms with Crippen molar-refractivity contribution in [3.8, 4) is 0 Å². The third kappa shape index (κ3) is 4.90. The maximum Gasteiger partial charge on any atom is 0.215 e. The molecule has 0 aromatic carbocycles. The predicted molar refractivity (Wildman–Crippen MR) is 67.2 cm³/mol. The molecule has 0 aliphatic carbocycles. The summed E-state index contributed by atoms with van der Waals surface area (Å²) >= 11 is 0. The van der Waals surface area contributed by atoms with E-state index in [-0.39, 0.29) is 17.5 Å². The average molecular weight is 284 g/mol. The van der Waals surface area contributed by atoms with Crippen molar-refractivity contribution in [1.82, 2.24) is 9.62 Å². The zero-order valence-corrected chi connectivity index (χ0v) is 11.8. The Hall–Kier alpha value is -0.180. The minimum absolute atomic E-state index is 0.0131. The lowest BCUT2D eigenvalue weighted by molar-refractivity contribution is 0.297. The lowest BCUT2D eigenvalue weighted by Crippen LogP contribution is -2.45. The lowest BCUT2D eigenvalue weighted by atomic mass is 10.1. The average Bonchev–Trinajstić information content (AvgIpc) is 2.26. The van der Waals surface area contributed by atoms with Gasteiger partial charge in [0.05, 0.1) is 11.5 Å². The van der Waals surface area contributed by atoms with Crippen LogP contribution >= 0.6 is 0 Å². The second-order valence-corrected chi connectivity index (χ2v) is 8.85. The Bertz CT molecular complexity index is 438. The third-order valence-corrected chi connectivity index (χ3v) is 6.07. The maximum atomic E-state index is 11.9. The van der Waals surface area contributed by atoms with Crippen molar-refractivity contribution in [3.63, 3.8) is 0 Å². The Kier molecular flexibility index (Phi) is 4.94. The highest BCUT2D eigenvalue weighted by Gasteiger charge is 2.27. The Morgan fingerprint density at radius 3 is 2.12 bits per heavy atom. The zero-order valence-electron chi connectivity index (χ0n) is 10.2. The van der Waals surface area contributed by atoms with Gasteiger partial charge in [-0.05, 0) is 25.9 Å². The molecule has 0 spiro atoms. The molecule has 1 rings (SSSR count). The van der Waals surface area contributed by atoms with Gasteiger partial charge in [-0.2, -0.15) is 0 Å². The van der Waals surface area contributed by atoms with Crippen molar-refractivity contribution < 1.29 is 16.8 Å². The van der Waals surface area contributed by atoms with Gasteiger partial charge in [0.1, 0.15) is 9.84 Å². The molecule has 0 amide bonds. The third-order valence-electron chi connectivity index (χ3n) is 2.97. The van der Waals surface area contributed by atoms with Gasteiger partial charge >= 0.3 is 0 Å². The van der Waals surface area contributed by atoms with Gasteiger partial charge in [-0.15, -0.1) is 0 Å². The summed E-state index contributed by atoms with van der Waals surface area (Å²) in [6, 6.07) is -0.0131. The van der Waals surface area contributed by atoms with Gasteiger partial charge in [-0.3, -0.25) is 0 Å². The molecule has 1 fully saturated rings. The van der Waals surface area contributed by atoms with Crippen LogP contribution in [0, 0.1) is 0 Å². The fraction of sp³-hybridized carbons (Fsp3) is 1.00. The molecule has 17 heavy (non-hydrogen) atoms. The Morgan fingerprint density at radius 1 is 1.12 bits per heavy atom. The second-order valence-electron chi connectivity index (χ2n) is 4.44. The largest absolute Gasteiger partial charge is 0.317 e. The molecule has 1 heterocycles. The standard InChI is InChI=1S/C9H20N2O4S2/c1-11(9-3-5-10-6-4-9)17(14,15)8-7-16(2,12)13/h9-10H,3-8H2,1-2H3. The quantitative estimate of drug-likeness (QED) is 0.703. The summed E-state index contributed by atoms with van der Waals surface area (Å²) in [6.45, 7) is 1.60. The molecular weight excluding hydrogens is 264 g/mol. The van der Waals surface area contributed by atoms with Crippen LogP contribution in [0.15, 0.2) is 0 Å². The first-order chi connectivity index (χ1) is 7.72. The molecule has 102 valence electrons.